The molecule has 22 heteroatoms. The van der Waals surface area contributed by atoms with E-state index in [0.29, 0.717) is 71.7 Å². The van der Waals surface area contributed by atoms with Crippen molar-refractivity contribution in [2.75, 3.05) is 12.3 Å². The van der Waals surface area contributed by atoms with Crippen LogP contribution in [0.25, 0.3) is 22.6 Å². The zero-order valence-electron chi connectivity index (χ0n) is 39.8. The first-order valence-electron chi connectivity index (χ1n) is 23.3. The number of rotatable bonds is 27. The lowest BCUT2D eigenvalue weighted by molar-refractivity contribution is -0.139. The lowest BCUT2D eigenvalue weighted by Crippen LogP contribution is -2.44. The SMILES string of the molecule is Cc1nc(N)c2nc(CSc3ccc(C(=O)N[C@@H](CCCCC(=O)c4ccc(CC(=O)[C@H](C)NC(=O)[C@@H](CC(=O)CCCCCN5C(=O)C=CC5=O)C(C)C)cc4-c4nn[nH]n4)C(=O)O)cc3)cnc2n1. The van der Waals surface area contributed by atoms with Crippen LogP contribution in [0.5, 0.6) is 0 Å². The van der Waals surface area contributed by atoms with Gasteiger partial charge in [-0.15, -0.1) is 22.0 Å². The molecule has 3 atom stereocenters. The third kappa shape index (κ3) is 14.7. The average Bonchev–Trinajstić information content (AvgIpc) is 4.00. The van der Waals surface area contributed by atoms with Crippen LogP contribution in [-0.4, -0.2) is 116 Å². The quantitative estimate of drug-likeness (QED) is 0.0205. The number of H-pyrrole nitrogens is 1. The fraction of sp³-hybridized carbons (Fsp3) is 0.408. The summed E-state index contributed by atoms with van der Waals surface area (Å²) >= 11 is 1.46. The number of aliphatic carboxylic acids is 1. The number of aromatic amines is 1. The molecule has 6 rings (SSSR count). The molecule has 21 nitrogen and oxygen atoms in total. The molecular weight excluding hydrogens is 933 g/mol. The minimum Gasteiger partial charge on any atom is -0.480 e. The van der Waals surface area contributed by atoms with Gasteiger partial charge in [0.2, 0.25) is 11.7 Å². The molecular formula is C49H56N12O9S. The molecule has 3 aromatic heterocycles. The Hall–Kier alpha value is -7.62. The first kappa shape index (κ1) is 52.7. The van der Waals surface area contributed by atoms with Crippen LogP contribution in [0.15, 0.2) is 65.7 Å². The fourth-order valence-electron chi connectivity index (χ4n) is 7.83. The van der Waals surface area contributed by atoms with Crippen molar-refractivity contribution in [1.29, 1.82) is 0 Å². The van der Waals surface area contributed by atoms with E-state index in [1.165, 1.54) is 23.9 Å². The Morgan fingerprint density at radius 3 is 2.30 bits per heavy atom. The summed E-state index contributed by atoms with van der Waals surface area (Å²) in [4.78, 5) is 121. The number of carbonyl (C=O) groups excluding carboxylic acids is 7. The number of thioether (sulfide) groups is 1. The Kier molecular flexibility index (Phi) is 18.4. The average molecular weight is 989 g/mol. The third-order valence-electron chi connectivity index (χ3n) is 11.9. The lowest BCUT2D eigenvalue weighted by Gasteiger charge is -2.22. The number of aryl methyl sites for hydroxylation is 1. The number of carbonyl (C=O) groups is 8. The number of hydrogen-bond acceptors (Lipinski definition) is 17. The van der Waals surface area contributed by atoms with Gasteiger partial charge in [0.05, 0.1) is 17.9 Å². The standard InChI is InChI=1S/C49H56N12O9S/c1-27(2)36(24-33(62)10-6-5-9-21-61-41(65)19-20-42(61)66)48(68)52-28(3)40(64)23-30-13-18-35(37(22-30)45-57-59-60-58-45)39(63)12-8-7-11-38(49(69)70)56-47(67)31-14-16-34(17-15-31)71-26-32-25-51-46-43(55-32)44(50)53-29(4)54-46/h13-20,22,25,27-28,36,38H,5-12,21,23-24,26H2,1-4H3,(H,52,68)(H,56,67)(H,69,70)(H2,50,51,53,54)(H,57,58,59,60)/t28-,36-,38-/m0/s1. The molecule has 0 saturated heterocycles. The zero-order chi connectivity index (χ0) is 51.2. The number of carboxylic acid groups (broad SMARTS) is 1. The molecule has 5 aromatic rings. The molecule has 0 spiro atoms. The molecule has 2 aromatic carbocycles. The van der Waals surface area contributed by atoms with Crippen molar-refractivity contribution in [3.8, 4) is 11.4 Å². The second-order valence-corrected chi connectivity index (χ2v) is 18.6. The number of benzene rings is 2. The van der Waals surface area contributed by atoms with Crippen molar-refractivity contribution in [1.82, 2.24) is 56.1 Å². The van der Waals surface area contributed by atoms with E-state index >= 15 is 0 Å². The van der Waals surface area contributed by atoms with Gasteiger partial charge in [-0.25, -0.2) is 24.7 Å². The van der Waals surface area contributed by atoms with Crippen LogP contribution < -0.4 is 16.4 Å². The molecule has 71 heavy (non-hydrogen) atoms. The maximum absolute atomic E-state index is 13.6. The highest BCUT2D eigenvalue weighted by Crippen LogP contribution is 2.26. The first-order valence-corrected chi connectivity index (χ1v) is 24.3. The summed E-state index contributed by atoms with van der Waals surface area (Å²) in [7, 11) is 0. The molecule has 1 aliphatic rings. The van der Waals surface area contributed by atoms with E-state index in [0.717, 1.165) is 9.80 Å². The number of ketones is 3. The number of carboxylic acids is 1. The Balaban J connectivity index is 0.952. The molecule has 6 N–H and O–H groups in total. The van der Waals surface area contributed by atoms with Crippen molar-refractivity contribution in [3.63, 3.8) is 0 Å². The summed E-state index contributed by atoms with van der Waals surface area (Å²) in [6.45, 7) is 7.24. The van der Waals surface area contributed by atoms with Crippen molar-refractivity contribution < 1.29 is 43.5 Å². The number of aromatic nitrogens is 8. The highest BCUT2D eigenvalue weighted by molar-refractivity contribution is 7.98. The van der Waals surface area contributed by atoms with Gasteiger partial charge in [0.25, 0.3) is 17.7 Å². The molecule has 0 bridgehead atoms. The monoisotopic (exact) mass is 988 g/mol. The van der Waals surface area contributed by atoms with E-state index in [1.54, 1.807) is 62.5 Å². The van der Waals surface area contributed by atoms with Gasteiger partial charge in [-0.3, -0.25) is 38.5 Å². The van der Waals surface area contributed by atoms with Crippen molar-refractivity contribution in [2.45, 2.75) is 115 Å². The third-order valence-corrected chi connectivity index (χ3v) is 12.9. The van der Waals surface area contributed by atoms with Crippen molar-refractivity contribution >= 4 is 75.7 Å². The number of imide groups is 1. The molecule has 372 valence electrons. The first-order chi connectivity index (χ1) is 34.0. The Morgan fingerprint density at radius 1 is 0.873 bits per heavy atom. The van der Waals surface area contributed by atoms with E-state index in [4.69, 9.17) is 5.73 Å². The van der Waals surface area contributed by atoms with Crippen molar-refractivity contribution in [3.05, 3.63) is 89.0 Å². The molecule has 0 saturated carbocycles. The fourth-order valence-corrected chi connectivity index (χ4v) is 8.62. The van der Waals surface area contributed by atoms with Crippen LogP contribution in [0.2, 0.25) is 0 Å². The number of nitrogens with one attached hydrogen (secondary N) is 3. The normalized spacial score (nSPS) is 13.6. The Bertz CT molecular complexity index is 2800. The Labute approximate surface area is 413 Å². The molecule has 0 radical (unpaired) electrons. The summed E-state index contributed by atoms with van der Waals surface area (Å²) in [5, 5.41) is 29.4. The summed E-state index contributed by atoms with van der Waals surface area (Å²) in [6.07, 6.45) is 6.70. The number of nitrogen functional groups attached to an aromatic ring is 1. The van der Waals surface area contributed by atoms with Crippen molar-refractivity contribution in [2.24, 2.45) is 11.8 Å². The summed E-state index contributed by atoms with van der Waals surface area (Å²) < 4.78 is 0. The molecule has 0 fully saturated rings. The number of nitrogens with zero attached hydrogens (tertiary/aromatic N) is 8. The minimum absolute atomic E-state index is 0.00755. The van der Waals surface area contributed by atoms with Gasteiger partial charge in [0, 0.05) is 77.6 Å². The highest BCUT2D eigenvalue weighted by Gasteiger charge is 2.29. The number of unbranched alkanes of at least 4 members (excludes halogenated alkanes) is 3. The maximum atomic E-state index is 13.6. The predicted octanol–water partition coefficient (Wildman–Crippen LogP) is 4.74. The van der Waals surface area contributed by atoms with Gasteiger partial charge in [0.1, 0.15) is 17.6 Å². The van der Waals surface area contributed by atoms with Gasteiger partial charge in [-0.1, -0.05) is 38.8 Å². The van der Waals surface area contributed by atoms with Crippen LogP contribution >= 0.6 is 11.8 Å². The molecule has 0 aliphatic carbocycles. The maximum Gasteiger partial charge on any atom is 0.326 e. The minimum atomic E-state index is -1.21. The number of Topliss-reactive ketones (excluding diaryl/α,β-unsaturated/α-hetero) is 3. The second kappa shape index (κ2) is 24.8. The largest absolute Gasteiger partial charge is 0.480 e. The van der Waals surface area contributed by atoms with Gasteiger partial charge >= 0.3 is 5.97 Å². The van der Waals surface area contributed by atoms with E-state index in [1.807, 2.05) is 13.8 Å². The number of anilines is 1. The smallest absolute Gasteiger partial charge is 0.326 e. The second-order valence-electron chi connectivity index (χ2n) is 17.6. The van der Waals surface area contributed by atoms with Crippen LogP contribution in [-0.2, 0) is 40.9 Å². The number of amides is 4. The van der Waals surface area contributed by atoms with E-state index in [-0.39, 0.29) is 96.5 Å². The lowest BCUT2D eigenvalue weighted by atomic mass is 9.88. The topological polar surface area (TPSA) is 316 Å². The summed E-state index contributed by atoms with van der Waals surface area (Å²) in [5.74, 6) is -3.06. The van der Waals surface area contributed by atoms with Crippen LogP contribution in [0.1, 0.15) is 116 Å². The van der Waals surface area contributed by atoms with E-state index < -0.39 is 35.8 Å². The number of hydrogen-bond donors (Lipinski definition) is 5. The molecule has 4 heterocycles. The van der Waals surface area contributed by atoms with Crippen LogP contribution in [0.3, 0.4) is 0 Å². The van der Waals surface area contributed by atoms with Gasteiger partial charge < -0.3 is 21.5 Å². The number of fused-ring (bicyclic) bond motifs is 1. The van der Waals surface area contributed by atoms with Gasteiger partial charge in [-0.05, 0) is 86.6 Å². The van der Waals surface area contributed by atoms with Gasteiger partial charge in [0.15, 0.2) is 28.5 Å². The number of tetrazole rings is 1. The van der Waals surface area contributed by atoms with E-state index in [2.05, 4.69) is 51.2 Å². The van der Waals surface area contributed by atoms with E-state index in [9.17, 15) is 43.5 Å². The number of nitrogens with two attached hydrogens (primary N) is 1. The predicted molar refractivity (Wildman–Crippen MR) is 260 cm³/mol. The highest BCUT2D eigenvalue weighted by atomic mass is 32.2. The van der Waals surface area contributed by atoms with Gasteiger partial charge in [-0.2, -0.15) is 5.21 Å². The van der Waals surface area contributed by atoms with Crippen LogP contribution in [0.4, 0.5) is 5.82 Å². The molecule has 1 aliphatic heterocycles. The molecule has 0 unspecified atom stereocenters. The zero-order valence-corrected chi connectivity index (χ0v) is 40.7. The Morgan fingerprint density at radius 2 is 1.61 bits per heavy atom. The molecule has 4 amide bonds. The summed E-state index contributed by atoms with van der Waals surface area (Å²) in [5.41, 5.74) is 8.90. The summed E-state index contributed by atoms with van der Waals surface area (Å²) in [6, 6.07) is 9.42. The van der Waals surface area contributed by atoms with Crippen LogP contribution in [0, 0.1) is 18.8 Å².